The zero-order chi connectivity index (χ0) is 13.2. The van der Waals surface area contributed by atoms with Crippen molar-refractivity contribution in [1.82, 2.24) is 4.98 Å². The SMILES string of the molecule is NC1=CCC(c2ccc(-c3ccc(N)cc3)[nH]2)C=C1. The van der Waals surface area contributed by atoms with Gasteiger partial charge in [-0.05, 0) is 42.3 Å². The van der Waals surface area contributed by atoms with Crippen molar-refractivity contribution in [1.29, 1.82) is 0 Å². The quantitative estimate of drug-likeness (QED) is 0.718. The predicted molar refractivity (Wildman–Crippen MR) is 79.4 cm³/mol. The number of nitrogens with two attached hydrogens (primary N) is 2. The molecule has 1 aliphatic rings. The number of hydrogen-bond donors (Lipinski definition) is 3. The van der Waals surface area contributed by atoms with Crippen LogP contribution in [0.15, 0.2) is 60.3 Å². The van der Waals surface area contributed by atoms with E-state index in [1.807, 2.05) is 30.3 Å². The highest BCUT2D eigenvalue weighted by molar-refractivity contribution is 5.62. The minimum absolute atomic E-state index is 0.384. The molecule has 1 aromatic carbocycles. The van der Waals surface area contributed by atoms with Crippen LogP contribution in [0.4, 0.5) is 5.69 Å². The molecule has 0 saturated carbocycles. The van der Waals surface area contributed by atoms with Crippen molar-refractivity contribution in [3.8, 4) is 11.3 Å². The van der Waals surface area contributed by atoms with Crippen molar-refractivity contribution in [2.45, 2.75) is 12.3 Å². The van der Waals surface area contributed by atoms with E-state index in [-0.39, 0.29) is 0 Å². The van der Waals surface area contributed by atoms with Crippen LogP contribution in [0.5, 0.6) is 0 Å². The molecular weight excluding hydrogens is 234 g/mol. The highest BCUT2D eigenvalue weighted by Gasteiger charge is 2.12. The smallest absolute Gasteiger partial charge is 0.0456 e. The third kappa shape index (κ3) is 2.40. The lowest BCUT2D eigenvalue weighted by Gasteiger charge is -2.13. The van der Waals surface area contributed by atoms with Crippen LogP contribution in [0.3, 0.4) is 0 Å². The molecule has 1 aliphatic carbocycles. The molecule has 5 N–H and O–H groups in total. The second kappa shape index (κ2) is 4.69. The number of allylic oxidation sites excluding steroid dienone is 3. The summed E-state index contributed by atoms with van der Waals surface area (Å²) in [4.78, 5) is 3.47. The minimum atomic E-state index is 0.384. The van der Waals surface area contributed by atoms with E-state index in [9.17, 15) is 0 Å². The number of rotatable bonds is 2. The number of benzene rings is 1. The van der Waals surface area contributed by atoms with Gasteiger partial charge in [0.25, 0.3) is 0 Å². The Balaban J connectivity index is 1.84. The van der Waals surface area contributed by atoms with E-state index in [0.29, 0.717) is 5.92 Å². The van der Waals surface area contributed by atoms with E-state index in [0.717, 1.165) is 29.1 Å². The Morgan fingerprint density at radius 3 is 2.47 bits per heavy atom. The van der Waals surface area contributed by atoms with Crippen molar-refractivity contribution in [2.75, 3.05) is 5.73 Å². The van der Waals surface area contributed by atoms with Gasteiger partial charge in [-0.2, -0.15) is 0 Å². The normalized spacial score (nSPS) is 18.3. The average molecular weight is 251 g/mol. The number of hydrogen-bond acceptors (Lipinski definition) is 2. The summed E-state index contributed by atoms with van der Waals surface area (Å²) in [6.45, 7) is 0. The molecule has 1 aromatic heterocycles. The third-order valence-corrected chi connectivity index (χ3v) is 3.46. The highest BCUT2D eigenvalue weighted by atomic mass is 14.7. The number of aromatic nitrogens is 1. The molecule has 3 nitrogen and oxygen atoms in total. The molecular formula is C16H17N3. The lowest BCUT2D eigenvalue weighted by Crippen LogP contribution is -2.03. The van der Waals surface area contributed by atoms with Crippen molar-refractivity contribution in [3.05, 3.63) is 66.0 Å². The number of H-pyrrole nitrogens is 1. The van der Waals surface area contributed by atoms with Crippen molar-refractivity contribution in [2.24, 2.45) is 5.73 Å². The first-order valence-corrected chi connectivity index (χ1v) is 6.41. The molecule has 96 valence electrons. The summed E-state index contributed by atoms with van der Waals surface area (Å²) in [5, 5.41) is 0. The van der Waals surface area contributed by atoms with Gasteiger partial charge in [0.1, 0.15) is 0 Å². The maximum absolute atomic E-state index is 5.74. The van der Waals surface area contributed by atoms with Crippen LogP contribution in [-0.4, -0.2) is 4.98 Å². The molecule has 1 atom stereocenters. The van der Waals surface area contributed by atoms with Gasteiger partial charge in [-0.15, -0.1) is 0 Å². The van der Waals surface area contributed by atoms with Crippen LogP contribution in [0.1, 0.15) is 18.0 Å². The predicted octanol–water partition coefficient (Wildman–Crippen LogP) is 3.15. The fourth-order valence-corrected chi connectivity index (χ4v) is 2.33. The first-order chi connectivity index (χ1) is 9.22. The molecule has 0 aliphatic heterocycles. The molecule has 3 heteroatoms. The standard InChI is InChI=1S/C16H17N3/c17-13-5-1-11(2-6-13)15-9-10-16(19-15)12-3-7-14(18)8-4-12/h1-3,5-10,12,19H,4,17-18H2. The van der Waals surface area contributed by atoms with Crippen LogP contribution in [0, 0.1) is 0 Å². The molecule has 0 amide bonds. The Bertz CT molecular complexity index is 632. The molecule has 0 saturated heterocycles. The van der Waals surface area contributed by atoms with Gasteiger partial charge >= 0.3 is 0 Å². The first-order valence-electron chi connectivity index (χ1n) is 6.41. The van der Waals surface area contributed by atoms with Gasteiger partial charge in [0.05, 0.1) is 0 Å². The van der Waals surface area contributed by atoms with Crippen LogP contribution >= 0.6 is 0 Å². The summed E-state index contributed by atoms with van der Waals surface area (Å²) in [5.74, 6) is 0.384. The van der Waals surface area contributed by atoms with Gasteiger partial charge in [-0.1, -0.05) is 24.3 Å². The van der Waals surface area contributed by atoms with E-state index in [1.165, 1.54) is 5.69 Å². The molecule has 0 radical (unpaired) electrons. The van der Waals surface area contributed by atoms with Gasteiger partial charge in [0.15, 0.2) is 0 Å². The summed E-state index contributed by atoms with van der Waals surface area (Å²) < 4.78 is 0. The molecule has 19 heavy (non-hydrogen) atoms. The van der Waals surface area contributed by atoms with Gasteiger partial charge in [-0.25, -0.2) is 0 Å². The Kier molecular flexibility index (Phi) is 2.88. The number of nitrogen functional groups attached to an aromatic ring is 1. The van der Waals surface area contributed by atoms with E-state index in [4.69, 9.17) is 11.5 Å². The Morgan fingerprint density at radius 2 is 1.79 bits per heavy atom. The maximum Gasteiger partial charge on any atom is 0.0456 e. The Labute approximate surface area is 112 Å². The highest BCUT2D eigenvalue weighted by Crippen LogP contribution is 2.28. The van der Waals surface area contributed by atoms with E-state index < -0.39 is 0 Å². The Hall–Kier alpha value is -2.42. The average Bonchev–Trinajstić information content (AvgIpc) is 2.90. The molecule has 1 unspecified atom stereocenters. The molecule has 2 aromatic rings. The fourth-order valence-electron chi connectivity index (χ4n) is 2.33. The molecule has 0 fully saturated rings. The van der Waals surface area contributed by atoms with Gasteiger partial charge in [0.2, 0.25) is 0 Å². The largest absolute Gasteiger partial charge is 0.399 e. The number of aromatic amines is 1. The molecule has 3 rings (SSSR count). The molecule has 0 bridgehead atoms. The van der Waals surface area contributed by atoms with Crippen LogP contribution in [0.2, 0.25) is 0 Å². The number of nitrogens with one attached hydrogen (secondary N) is 1. The Morgan fingerprint density at radius 1 is 1.00 bits per heavy atom. The third-order valence-electron chi connectivity index (χ3n) is 3.46. The zero-order valence-electron chi connectivity index (χ0n) is 10.6. The second-order valence-electron chi connectivity index (χ2n) is 4.85. The summed E-state index contributed by atoms with van der Waals surface area (Å²) in [7, 11) is 0. The monoisotopic (exact) mass is 251 g/mol. The van der Waals surface area contributed by atoms with E-state index in [1.54, 1.807) is 0 Å². The van der Waals surface area contributed by atoms with E-state index >= 15 is 0 Å². The van der Waals surface area contributed by atoms with E-state index in [2.05, 4.69) is 29.3 Å². The molecule has 0 spiro atoms. The van der Waals surface area contributed by atoms with Crippen molar-refractivity contribution in [3.63, 3.8) is 0 Å². The fraction of sp³-hybridized carbons (Fsp3) is 0.125. The second-order valence-corrected chi connectivity index (χ2v) is 4.85. The van der Waals surface area contributed by atoms with Crippen molar-refractivity contribution < 1.29 is 0 Å². The summed E-state index contributed by atoms with van der Waals surface area (Å²) in [6, 6.07) is 12.1. The summed E-state index contributed by atoms with van der Waals surface area (Å²) in [5.41, 5.74) is 16.6. The van der Waals surface area contributed by atoms with Crippen LogP contribution in [-0.2, 0) is 0 Å². The van der Waals surface area contributed by atoms with Crippen molar-refractivity contribution >= 4 is 5.69 Å². The number of anilines is 1. The summed E-state index contributed by atoms with van der Waals surface area (Å²) >= 11 is 0. The lowest BCUT2D eigenvalue weighted by molar-refractivity contribution is 0.816. The topological polar surface area (TPSA) is 67.8 Å². The van der Waals surface area contributed by atoms with Crippen LogP contribution < -0.4 is 11.5 Å². The first kappa shape index (κ1) is 11.7. The lowest BCUT2D eigenvalue weighted by atomic mass is 9.96. The molecule has 1 heterocycles. The van der Waals surface area contributed by atoms with Crippen LogP contribution in [0.25, 0.3) is 11.3 Å². The van der Waals surface area contributed by atoms with Gasteiger partial charge in [-0.3, -0.25) is 0 Å². The summed E-state index contributed by atoms with van der Waals surface area (Å²) in [6.07, 6.45) is 7.13. The zero-order valence-corrected chi connectivity index (χ0v) is 10.6. The minimum Gasteiger partial charge on any atom is -0.399 e. The maximum atomic E-state index is 5.74. The van der Waals surface area contributed by atoms with Gasteiger partial charge < -0.3 is 16.5 Å². The van der Waals surface area contributed by atoms with Gasteiger partial charge in [0, 0.05) is 28.7 Å².